The van der Waals surface area contributed by atoms with Crippen molar-refractivity contribution in [2.45, 2.75) is 42.6 Å². The van der Waals surface area contributed by atoms with E-state index in [0.717, 1.165) is 71.3 Å². The highest BCUT2D eigenvalue weighted by Crippen LogP contribution is 2.43. The molecule has 1 fully saturated rings. The average molecular weight is 420 g/mol. The number of benzene rings is 2. The lowest BCUT2D eigenvalue weighted by atomic mass is 9.78. The molecule has 30 heavy (non-hydrogen) atoms. The molecule has 154 valence electrons. The molecule has 1 saturated carbocycles. The molecule has 0 saturated heterocycles. The maximum Gasteiger partial charge on any atom is 0.236 e. The van der Waals surface area contributed by atoms with Crippen molar-refractivity contribution in [3.05, 3.63) is 71.4 Å². The van der Waals surface area contributed by atoms with E-state index < -0.39 is 5.41 Å². The van der Waals surface area contributed by atoms with Crippen molar-refractivity contribution in [2.24, 2.45) is 0 Å². The van der Waals surface area contributed by atoms with Crippen molar-refractivity contribution >= 4 is 23.5 Å². The van der Waals surface area contributed by atoms with Gasteiger partial charge < -0.3 is 10.1 Å². The molecule has 0 spiro atoms. The fraction of sp³-hybridized carbons (Fsp3) is 0.333. The Morgan fingerprint density at radius 1 is 1.07 bits per heavy atom. The molecule has 5 rings (SSSR count). The number of methoxy groups -OCH3 is 1. The van der Waals surface area contributed by atoms with Crippen LogP contribution in [0.5, 0.6) is 5.75 Å². The molecule has 6 heteroatoms. The van der Waals surface area contributed by atoms with Crippen LogP contribution < -0.4 is 10.1 Å². The van der Waals surface area contributed by atoms with Crippen molar-refractivity contribution in [1.82, 2.24) is 9.78 Å². The van der Waals surface area contributed by atoms with E-state index in [2.05, 4.69) is 17.4 Å². The first-order valence-electron chi connectivity index (χ1n) is 10.4. The van der Waals surface area contributed by atoms with E-state index in [9.17, 15) is 4.79 Å². The number of ether oxygens (including phenoxy) is 1. The number of rotatable bonds is 5. The van der Waals surface area contributed by atoms with Crippen molar-refractivity contribution < 1.29 is 9.53 Å². The van der Waals surface area contributed by atoms with E-state index in [1.54, 1.807) is 7.11 Å². The summed E-state index contributed by atoms with van der Waals surface area (Å²) < 4.78 is 7.17. The molecule has 0 unspecified atom stereocenters. The number of aromatic nitrogens is 2. The van der Waals surface area contributed by atoms with Crippen molar-refractivity contribution in [2.75, 3.05) is 12.4 Å². The molecule has 0 atom stereocenters. The van der Waals surface area contributed by atoms with Gasteiger partial charge in [0.25, 0.3) is 0 Å². The molecule has 1 amide bonds. The third kappa shape index (κ3) is 3.19. The monoisotopic (exact) mass is 419 g/mol. The number of thioether (sulfide) groups is 1. The molecular weight excluding hydrogens is 394 g/mol. The molecule has 1 N–H and O–H groups in total. The third-order valence-electron chi connectivity index (χ3n) is 6.32. The summed E-state index contributed by atoms with van der Waals surface area (Å²) in [5, 5.41) is 8.15. The molecule has 2 aliphatic rings. The summed E-state index contributed by atoms with van der Waals surface area (Å²) >= 11 is 1.84. The Kier molecular flexibility index (Phi) is 5.03. The number of nitrogens with one attached hydrogen (secondary N) is 1. The van der Waals surface area contributed by atoms with Crippen molar-refractivity contribution in [3.63, 3.8) is 0 Å². The Labute approximate surface area is 180 Å². The van der Waals surface area contributed by atoms with E-state index >= 15 is 0 Å². The van der Waals surface area contributed by atoms with Gasteiger partial charge in [-0.05, 0) is 42.7 Å². The van der Waals surface area contributed by atoms with Crippen LogP contribution in [0.25, 0.3) is 5.69 Å². The number of anilines is 1. The average Bonchev–Trinajstić information content (AvgIpc) is 3.52. The number of fused-ring (bicyclic) bond motifs is 1. The van der Waals surface area contributed by atoms with Crippen molar-refractivity contribution in [1.29, 1.82) is 0 Å². The van der Waals surface area contributed by atoms with Gasteiger partial charge in [-0.3, -0.25) is 4.79 Å². The molecule has 1 aliphatic carbocycles. The number of hydrogen-bond acceptors (Lipinski definition) is 4. The van der Waals surface area contributed by atoms with Gasteiger partial charge in [0, 0.05) is 17.1 Å². The van der Waals surface area contributed by atoms with E-state index in [1.807, 2.05) is 58.9 Å². The summed E-state index contributed by atoms with van der Waals surface area (Å²) in [4.78, 5) is 13.7. The van der Waals surface area contributed by atoms with Gasteiger partial charge in [0.15, 0.2) is 0 Å². The highest BCUT2D eigenvalue weighted by molar-refractivity contribution is 7.98. The molecule has 1 aromatic heterocycles. The van der Waals surface area contributed by atoms with Crippen molar-refractivity contribution in [3.8, 4) is 11.4 Å². The standard InChI is InChI=1S/C24H25N3O2S/c1-29-19-11-9-18(10-12-19)27-22(20-15-30-16-21(20)26-27)25-23(28)24(13-5-6-14-24)17-7-3-2-4-8-17/h2-4,7-12H,5-6,13-16H2,1H3,(H,25,28). The molecule has 3 aromatic rings. The van der Waals surface area contributed by atoms with Crippen LogP contribution in [0.4, 0.5) is 5.82 Å². The van der Waals surface area contributed by atoms with Crippen LogP contribution in [-0.2, 0) is 21.7 Å². The van der Waals surface area contributed by atoms with Gasteiger partial charge in [-0.25, -0.2) is 4.68 Å². The summed E-state index contributed by atoms with van der Waals surface area (Å²) in [7, 11) is 1.66. The minimum absolute atomic E-state index is 0.0839. The maximum absolute atomic E-state index is 13.7. The topological polar surface area (TPSA) is 56.1 Å². The largest absolute Gasteiger partial charge is 0.497 e. The van der Waals surface area contributed by atoms with Gasteiger partial charge in [-0.1, -0.05) is 43.2 Å². The minimum Gasteiger partial charge on any atom is -0.497 e. The number of carbonyl (C=O) groups excluding carboxylic acids is 1. The van der Waals surface area contributed by atoms with Crippen LogP contribution in [0.15, 0.2) is 54.6 Å². The molecular formula is C24H25N3O2S. The first-order chi connectivity index (χ1) is 14.7. The van der Waals surface area contributed by atoms with Crippen LogP contribution in [-0.4, -0.2) is 22.8 Å². The van der Waals surface area contributed by atoms with E-state index in [1.165, 1.54) is 0 Å². The fourth-order valence-electron chi connectivity index (χ4n) is 4.66. The second-order valence-electron chi connectivity index (χ2n) is 7.99. The van der Waals surface area contributed by atoms with Crippen LogP contribution in [0.3, 0.4) is 0 Å². The van der Waals surface area contributed by atoms with Gasteiger partial charge >= 0.3 is 0 Å². The Morgan fingerprint density at radius 2 is 1.80 bits per heavy atom. The summed E-state index contributed by atoms with van der Waals surface area (Å²) in [6.45, 7) is 0. The lowest BCUT2D eigenvalue weighted by molar-refractivity contribution is -0.121. The first-order valence-corrected chi connectivity index (χ1v) is 11.6. The lowest BCUT2D eigenvalue weighted by Gasteiger charge is -2.28. The summed E-state index contributed by atoms with van der Waals surface area (Å²) in [6.07, 6.45) is 3.93. The van der Waals surface area contributed by atoms with E-state index in [-0.39, 0.29) is 5.91 Å². The Hall–Kier alpha value is -2.73. The van der Waals surface area contributed by atoms with Gasteiger partial charge in [0.05, 0.1) is 23.9 Å². The van der Waals surface area contributed by atoms with Gasteiger partial charge in [-0.2, -0.15) is 16.9 Å². The van der Waals surface area contributed by atoms with Gasteiger partial charge in [-0.15, -0.1) is 0 Å². The molecule has 2 heterocycles. The van der Waals surface area contributed by atoms with Crippen LogP contribution in [0, 0.1) is 0 Å². The normalized spacial score (nSPS) is 17.0. The third-order valence-corrected chi connectivity index (χ3v) is 7.29. The summed E-state index contributed by atoms with van der Waals surface area (Å²) in [6, 6.07) is 18.0. The zero-order chi connectivity index (χ0) is 20.6. The molecule has 0 bridgehead atoms. The van der Waals surface area contributed by atoms with Gasteiger partial charge in [0.1, 0.15) is 11.6 Å². The van der Waals surface area contributed by atoms with E-state index in [0.29, 0.717) is 0 Å². The molecule has 0 radical (unpaired) electrons. The predicted octanol–water partition coefficient (Wildman–Crippen LogP) is 5.08. The second-order valence-corrected chi connectivity index (χ2v) is 8.97. The number of nitrogens with zero attached hydrogens (tertiary/aromatic N) is 2. The molecule has 1 aliphatic heterocycles. The maximum atomic E-state index is 13.7. The summed E-state index contributed by atoms with van der Waals surface area (Å²) in [5.74, 6) is 3.45. The predicted molar refractivity (Wildman–Crippen MR) is 120 cm³/mol. The fourth-order valence-corrected chi connectivity index (χ4v) is 5.70. The zero-order valence-corrected chi connectivity index (χ0v) is 17.9. The Bertz CT molecular complexity index is 1050. The number of carbonyl (C=O) groups is 1. The van der Waals surface area contributed by atoms with E-state index in [4.69, 9.17) is 9.84 Å². The SMILES string of the molecule is COc1ccc(-n2nc3c(c2NC(=O)C2(c4ccccc4)CCCC2)CSC3)cc1. The Morgan fingerprint density at radius 3 is 2.50 bits per heavy atom. The minimum atomic E-state index is -0.463. The number of hydrogen-bond donors (Lipinski definition) is 1. The van der Waals surface area contributed by atoms with Crippen LogP contribution in [0.2, 0.25) is 0 Å². The molecule has 5 nitrogen and oxygen atoms in total. The first kappa shape index (κ1) is 19.2. The van der Waals surface area contributed by atoms with Crippen LogP contribution >= 0.6 is 11.8 Å². The highest BCUT2D eigenvalue weighted by atomic mass is 32.2. The van der Waals surface area contributed by atoms with Crippen LogP contribution in [0.1, 0.15) is 42.5 Å². The zero-order valence-electron chi connectivity index (χ0n) is 17.1. The lowest BCUT2D eigenvalue weighted by Crippen LogP contribution is -2.38. The van der Waals surface area contributed by atoms with Gasteiger partial charge in [0.2, 0.25) is 5.91 Å². The highest BCUT2D eigenvalue weighted by Gasteiger charge is 2.43. The quantitative estimate of drug-likeness (QED) is 0.627. The second kappa shape index (κ2) is 7.84. The summed E-state index contributed by atoms with van der Waals surface area (Å²) in [5.41, 5.74) is 3.78. The molecule has 2 aromatic carbocycles. The Balaban J connectivity index is 1.53. The number of amides is 1. The smallest absolute Gasteiger partial charge is 0.236 e.